The normalized spacial score (nSPS) is 19.7. The third-order valence-electron chi connectivity index (χ3n) is 4.13. The first-order chi connectivity index (χ1) is 10.3. The van der Waals surface area contributed by atoms with Crippen molar-refractivity contribution in [2.45, 2.75) is 37.0 Å². The summed E-state index contributed by atoms with van der Waals surface area (Å²) in [6.07, 6.45) is 1.66. The minimum absolute atomic E-state index is 0.304. The Balaban J connectivity index is 1.89. The Morgan fingerprint density at radius 1 is 1.41 bits per heavy atom. The monoisotopic (exact) mass is 346 g/mol. The Morgan fingerprint density at radius 3 is 2.55 bits per heavy atom. The fourth-order valence-electron chi connectivity index (χ4n) is 2.89. The first kappa shape index (κ1) is 17.9. The average molecular weight is 347 g/mol. The van der Waals surface area contributed by atoms with E-state index in [0.717, 1.165) is 30.8 Å². The smallest absolute Gasteiger partial charge is 0.252 e. The van der Waals surface area contributed by atoms with Crippen LogP contribution in [0.2, 0.25) is 0 Å². The molecule has 0 radical (unpaired) electrons. The highest BCUT2D eigenvalue weighted by Gasteiger charge is 2.27. The summed E-state index contributed by atoms with van der Waals surface area (Å²) in [6, 6.07) is 3.54. The fourth-order valence-corrected chi connectivity index (χ4v) is 5.63. The van der Waals surface area contributed by atoms with Crippen LogP contribution in [0.4, 0.5) is 0 Å². The minimum atomic E-state index is -3.35. The zero-order valence-corrected chi connectivity index (χ0v) is 15.2. The zero-order valence-electron chi connectivity index (χ0n) is 13.5. The van der Waals surface area contributed by atoms with E-state index in [2.05, 4.69) is 4.90 Å². The van der Waals surface area contributed by atoms with Crippen LogP contribution in [0.15, 0.2) is 16.3 Å². The van der Waals surface area contributed by atoms with Crippen LogP contribution in [0, 0.1) is 12.8 Å². The molecule has 7 heteroatoms. The lowest BCUT2D eigenvalue weighted by Crippen LogP contribution is -2.41. The van der Waals surface area contributed by atoms with Crippen LogP contribution >= 0.6 is 11.3 Å². The molecule has 2 rings (SSSR count). The summed E-state index contributed by atoms with van der Waals surface area (Å²) in [6.45, 7) is 6.86. The van der Waals surface area contributed by atoms with Gasteiger partial charge in [-0.05, 0) is 57.8 Å². The maximum atomic E-state index is 12.5. The van der Waals surface area contributed by atoms with Crippen molar-refractivity contribution in [2.24, 2.45) is 5.92 Å². The van der Waals surface area contributed by atoms with Gasteiger partial charge in [0.2, 0.25) is 0 Å². The molecule has 1 saturated heterocycles. The number of aliphatic hydroxyl groups is 1. The van der Waals surface area contributed by atoms with E-state index < -0.39 is 10.0 Å². The number of hydrogen-bond acceptors (Lipinski definition) is 5. The van der Waals surface area contributed by atoms with Gasteiger partial charge in [0.05, 0.1) is 6.10 Å². The fraction of sp³-hybridized carbons (Fsp3) is 0.733. The van der Waals surface area contributed by atoms with E-state index in [1.807, 2.05) is 13.0 Å². The molecule has 1 aromatic heterocycles. The highest BCUT2D eigenvalue weighted by Crippen LogP contribution is 2.26. The topological polar surface area (TPSA) is 60.9 Å². The standard InChI is InChI=1S/C15H26N2O3S2/c1-12(18)10-17-8-6-14(7-9-17)11-16(3)22(19,20)15-5-4-13(2)21-15/h4-5,12,14,18H,6-11H2,1-3H3/t12-/m1/s1. The summed E-state index contributed by atoms with van der Waals surface area (Å²) in [5.74, 6) is 0.395. The molecule has 1 aliphatic heterocycles. The van der Waals surface area contributed by atoms with Crippen molar-refractivity contribution in [3.8, 4) is 0 Å². The average Bonchev–Trinajstić information content (AvgIpc) is 2.87. The second-order valence-electron chi connectivity index (χ2n) is 6.24. The van der Waals surface area contributed by atoms with Crippen LogP contribution < -0.4 is 0 Å². The van der Waals surface area contributed by atoms with Gasteiger partial charge in [-0.2, -0.15) is 4.31 Å². The van der Waals surface area contributed by atoms with Crippen LogP contribution in [0.5, 0.6) is 0 Å². The summed E-state index contributed by atoms with van der Waals surface area (Å²) in [4.78, 5) is 3.26. The van der Waals surface area contributed by atoms with E-state index in [4.69, 9.17) is 0 Å². The Kier molecular flexibility index (Phi) is 6.01. The van der Waals surface area contributed by atoms with Crippen molar-refractivity contribution in [3.05, 3.63) is 17.0 Å². The summed E-state index contributed by atoms with van der Waals surface area (Å²) >= 11 is 1.33. The molecule has 22 heavy (non-hydrogen) atoms. The lowest BCUT2D eigenvalue weighted by molar-refractivity contribution is 0.0972. The molecule has 1 fully saturated rings. The van der Waals surface area contributed by atoms with E-state index in [1.165, 1.54) is 15.6 Å². The molecule has 0 bridgehead atoms. The number of thiophene rings is 1. The molecule has 1 N–H and O–H groups in total. The predicted molar refractivity (Wildman–Crippen MR) is 89.7 cm³/mol. The molecule has 0 aromatic carbocycles. The molecule has 0 aliphatic carbocycles. The number of aryl methyl sites for hydroxylation is 1. The van der Waals surface area contributed by atoms with Gasteiger partial charge in [-0.15, -0.1) is 11.3 Å². The number of hydrogen-bond donors (Lipinski definition) is 1. The number of piperidine rings is 1. The van der Waals surface area contributed by atoms with E-state index in [1.54, 1.807) is 20.0 Å². The third kappa shape index (κ3) is 4.52. The van der Waals surface area contributed by atoms with E-state index in [-0.39, 0.29) is 6.10 Å². The Hall–Kier alpha value is -0.470. The van der Waals surface area contributed by atoms with Crippen LogP contribution in [-0.2, 0) is 10.0 Å². The molecule has 0 spiro atoms. The maximum absolute atomic E-state index is 12.5. The Morgan fingerprint density at radius 2 is 2.05 bits per heavy atom. The minimum Gasteiger partial charge on any atom is -0.392 e. The molecule has 1 aliphatic rings. The van der Waals surface area contributed by atoms with Crippen molar-refractivity contribution in [2.75, 3.05) is 33.2 Å². The summed E-state index contributed by atoms with van der Waals surface area (Å²) < 4.78 is 27.0. The van der Waals surface area contributed by atoms with Crippen LogP contribution in [-0.4, -0.2) is 62.1 Å². The van der Waals surface area contributed by atoms with Gasteiger partial charge in [0.1, 0.15) is 4.21 Å². The number of rotatable bonds is 6. The van der Waals surface area contributed by atoms with Crippen molar-refractivity contribution < 1.29 is 13.5 Å². The highest BCUT2D eigenvalue weighted by molar-refractivity contribution is 7.91. The van der Waals surface area contributed by atoms with E-state index >= 15 is 0 Å². The van der Waals surface area contributed by atoms with E-state index in [9.17, 15) is 13.5 Å². The number of aliphatic hydroxyl groups excluding tert-OH is 1. The van der Waals surface area contributed by atoms with Crippen molar-refractivity contribution in [1.82, 2.24) is 9.21 Å². The summed E-state index contributed by atoms with van der Waals surface area (Å²) in [5, 5.41) is 9.42. The molecule has 0 saturated carbocycles. The Bertz CT molecular complexity index is 575. The summed E-state index contributed by atoms with van der Waals surface area (Å²) in [7, 11) is -1.68. The largest absolute Gasteiger partial charge is 0.392 e. The van der Waals surface area contributed by atoms with Gasteiger partial charge in [-0.3, -0.25) is 0 Å². The molecule has 5 nitrogen and oxygen atoms in total. The number of β-amino-alcohol motifs (C(OH)–C–C–N with tert-alkyl or cyclic N) is 1. The van der Waals surface area contributed by atoms with E-state index in [0.29, 0.717) is 23.2 Å². The first-order valence-corrected chi connectivity index (χ1v) is 9.98. The van der Waals surface area contributed by atoms with Crippen LogP contribution in [0.25, 0.3) is 0 Å². The molecule has 1 atom stereocenters. The number of likely N-dealkylation sites (tertiary alicyclic amines) is 1. The second kappa shape index (κ2) is 7.40. The number of sulfonamides is 1. The van der Waals surface area contributed by atoms with Gasteiger partial charge in [-0.25, -0.2) is 8.42 Å². The summed E-state index contributed by atoms with van der Waals surface area (Å²) in [5.41, 5.74) is 0. The quantitative estimate of drug-likeness (QED) is 0.853. The van der Waals surface area contributed by atoms with Gasteiger partial charge in [-0.1, -0.05) is 0 Å². The van der Waals surface area contributed by atoms with Crippen molar-refractivity contribution >= 4 is 21.4 Å². The van der Waals surface area contributed by atoms with Gasteiger partial charge in [0.25, 0.3) is 10.0 Å². The number of nitrogens with zero attached hydrogens (tertiary/aromatic N) is 2. The van der Waals surface area contributed by atoms with Crippen molar-refractivity contribution in [1.29, 1.82) is 0 Å². The SMILES string of the molecule is Cc1ccc(S(=O)(=O)N(C)CC2CCN(C[C@@H](C)O)CC2)s1. The molecule has 126 valence electrons. The molecule has 0 amide bonds. The van der Waals surface area contributed by atoms with Gasteiger partial charge in [0.15, 0.2) is 0 Å². The van der Waals surface area contributed by atoms with Gasteiger partial charge < -0.3 is 10.0 Å². The second-order valence-corrected chi connectivity index (χ2v) is 9.80. The lowest BCUT2D eigenvalue weighted by atomic mass is 9.97. The Labute approximate surface area is 137 Å². The predicted octanol–water partition coefficient (Wildman–Crippen LogP) is 1.77. The lowest BCUT2D eigenvalue weighted by Gasteiger charge is -2.34. The zero-order chi connectivity index (χ0) is 16.3. The van der Waals surface area contributed by atoms with Crippen LogP contribution in [0.1, 0.15) is 24.6 Å². The molecular weight excluding hydrogens is 320 g/mol. The van der Waals surface area contributed by atoms with Crippen molar-refractivity contribution in [3.63, 3.8) is 0 Å². The molecule has 0 unspecified atom stereocenters. The molecule has 1 aromatic rings. The molecule has 2 heterocycles. The maximum Gasteiger partial charge on any atom is 0.252 e. The molecular formula is C15H26N2O3S2. The van der Waals surface area contributed by atoms with Crippen LogP contribution in [0.3, 0.4) is 0 Å². The van der Waals surface area contributed by atoms with Gasteiger partial charge >= 0.3 is 0 Å². The first-order valence-electron chi connectivity index (χ1n) is 7.72. The highest BCUT2D eigenvalue weighted by atomic mass is 32.2. The third-order valence-corrected chi connectivity index (χ3v) is 7.42. The van der Waals surface area contributed by atoms with Gasteiger partial charge in [0, 0.05) is 25.0 Å².